The van der Waals surface area contributed by atoms with Gasteiger partial charge in [0.1, 0.15) is 55.6 Å². The van der Waals surface area contributed by atoms with E-state index in [-0.39, 0.29) is 126 Å². The molecule has 3 saturated heterocycles. The number of β-amino-alcohol motifs (C(OH)–C–C–N with tert-alkyl or cyclic N) is 1. The van der Waals surface area contributed by atoms with Gasteiger partial charge >= 0.3 is 12.1 Å². The van der Waals surface area contributed by atoms with E-state index in [4.69, 9.17) is 24.5 Å². The normalized spacial score (nSPS) is 18.0. The third-order valence-corrected chi connectivity index (χ3v) is 23.1. The highest BCUT2D eigenvalue weighted by molar-refractivity contribution is 7.13. The maximum atomic E-state index is 14.5. The van der Waals surface area contributed by atoms with E-state index in [2.05, 4.69) is 77.6 Å². The van der Waals surface area contributed by atoms with E-state index in [1.165, 1.54) is 16.7 Å². The third kappa shape index (κ3) is 24.6. The summed E-state index contributed by atoms with van der Waals surface area (Å²) < 4.78 is 23.4. The molecule has 37 nitrogen and oxygen atoms in total. The number of hydrogen-bond donors (Lipinski definition) is 11. The van der Waals surface area contributed by atoms with Crippen molar-refractivity contribution in [3.63, 3.8) is 0 Å². The Bertz CT molecular complexity index is 4710. The van der Waals surface area contributed by atoms with Gasteiger partial charge in [-0.25, -0.2) is 14.6 Å². The fourth-order valence-corrected chi connectivity index (χ4v) is 16.3. The second kappa shape index (κ2) is 43.0. The van der Waals surface area contributed by atoms with E-state index in [0.717, 1.165) is 72.9 Å². The number of phenolic OH excluding ortho intramolecular Hbond substituents is 1. The standard InChI is InChI=1S/C84H109N19O18S/c1-49(2)74(82(115)101-45-60(105)39-66(101)80(113)90-51(5)56-16-18-57(19-17-56)76-52(6)89-48-122-76)68-41-71(97-121-68)119-38-35-98-31-26-54(27-32-98)42-99-33-34-100-59(43-99)44-103(77-65(100)40-64(95-96-77)61-11-8-9-13-67(61)106)84(117)120-47-55-14-20-58(21-15-55)91-79(112)62(12-10-28-88-83(85)116)93-81(114)75(50(3)4)94-69(107)23-22-63(78(111)87-30-37-118-36-29-86-53(7)104)92-70(108)46-102-72(109)24-25-73(102)110/h8-9,11,13-21,24-25,40-41,48-51,54,59-60,62-63,66,74-75,105-106H,10,12,22-23,26-39,42-47H2,1-7H3,(H,86,104)(H,87,111)(H,90,113)(H,91,112)(H,92,108)(H,93,114)(H,94,107)(H3,85,88,116)/t51-,59+,60+,62-,63+,66-,74+,75-/m0/s1. The van der Waals surface area contributed by atoms with Gasteiger partial charge in [-0.15, -0.1) is 21.5 Å². The first-order valence-corrected chi connectivity index (χ1v) is 42.1. The van der Waals surface area contributed by atoms with Crippen molar-refractivity contribution in [2.45, 2.75) is 148 Å². The van der Waals surface area contributed by atoms with Crippen molar-refractivity contribution in [1.82, 2.24) is 77.2 Å². The second-order valence-corrected chi connectivity index (χ2v) is 32.6. The number of aryl methyl sites for hydroxylation is 1. The fourth-order valence-electron chi connectivity index (χ4n) is 15.5. The van der Waals surface area contributed by atoms with Crippen LogP contribution in [0.25, 0.3) is 21.7 Å². The van der Waals surface area contributed by atoms with E-state index in [1.54, 1.807) is 79.8 Å². The van der Waals surface area contributed by atoms with Crippen LogP contribution in [0.5, 0.6) is 11.6 Å². The average Bonchev–Trinajstić information content (AvgIpc) is 0.920. The lowest BCUT2D eigenvalue weighted by molar-refractivity contribution is -0.141. The van der Waals surface area contributed by atoms with Gasteiger partial charge in [-0.3, -0.25) is 67.5 Å². The summed E-state index contributed by atoms with van der Waals surface area (Å²) in [4.78, 5) is 175. The van der Waals surface area contributed by atoms with Crippen LogP contribution in [-0.2, 0) is 64.0 Å². The summed E-state index contributed by atoms with van der Waals surface area (Å²) in [6.07, 6.45) is 1.89. The van der Waals surface area contributed by atoms with E-state index in [1.807, 2.05) is 63.5 Å². The predicted octanol–water partition coefficient (Wildman–Crippen LogP) is 3.76. The van der Waals surface area contributed by atoms with E-state index >= 15 is 0 Å². The molecule has 5 aliphatic heterocycles. The lowest BCUT2D eigenvalue weighted by Crippen LogP contribution is -2.61. The van der Waals surface area contributed by atoms with E-state index in [0.29, 0.717) is 76.8 Å². The molecule has 38 heteroatoms. The summed E-state index contributed by atoms with van der Waals surface area (Å²) in [7, 11) is 0. The van der Waals surface area contributed by atoms with Gasteiger partial charge in [0.2, 0.25) is 47.3 Å². The molecule has 12 N–H and O–H groups in total. The number of nitrogens with one attached hydrogen (secondary N) is 8. The van der Waals surface area contributed by atoms with Gasteiger partial charge in [0.25, 0.3) is 17.7 Å². The second-order valence-electron chi connectivity index (χ2n) is 31.8. The number of para-hydroxylation sites is 1. The number of phenols is 1. The first kappa shape index (κ1) is 90.8. The van der Waals surface area contributed by atoms with E-state index < -0.39 is 109 Å². The predicted molar refractivity (Wildman–Crippen MR) is 448 cm³/mol. The minimum Gasteiger partial charge on any atom is -0.507 e. The number of thiazole rings is 1. The largest absolute Gasteiger partial charge is 0.507 e. The number of benzene rings is 3. The molecular weight excluding hydrogens is 1600 g/mol. The van der Waals surface area contributed by atoms with Crippen molar-refractivity contribution in [3.05, 3.63) is 125 Å². The molecule has 654 valence electrons. The third-order valence-electron chi connectivity index (χ3n) is 22.1. The number of fused-ring (bicyclic) bond motifs is 3. The maximum absolute atomic E-state index is 14.5. The zero-order valence-electron chi connectivity index (χ0n) is 69.5. The molecule has 5 aliphatic rings. The number of urea groups is 1. The van der Waals surface area contributed by atoms with Crippen molar-refractivity contribution in [2.75, 3.05) is 120 Å². The smallest absolute Gasteiger partial charge is 0.415 e. The van der Waals surface area contributed by atoms with Crippen LogP contribution in [0.2, 0.25) is 0 Å². The summed E-state index contributed by atoms with van der Waals surface area (Å²) in [5.41, 5.74) is 12.4. The molecular formula is C84H109N19O18S. The Morgan fingerprint density at radius 3 is 2.14 bits per heavy atom. The number of carbonyl (C=O) groups excluding carboxylic acids is 12. The number of aliphatic hydroxyl groups is 1. The minimum atomic E-state index is -1.36. The number of nitrogens with zero attached hydrogens (tertiary/aromatic N) is 10. The molecule has 0 spiro atoms. The Labute approximate surface area is 710 Å². The highest BCUT2D eigenvalue weighted by atomic mass is 32.1. The number of rotatable bonds is 39. The fraction of sp³-hybridized carbons (Fsp3) is 0.500. The molecule has 6 aromatic rings. The molecule has 3 aromatic carbocycles. The average molecular weight is 1700 g/mol. The Balaban J connectivity index is 0.655. The number of imide groups is 1. The number of hydrogen-bond acceptors (Lipinski definition) is 26. The summed E-state index contributed by atoms with van der Waals surface area (Å²) in [5.74, 6) is -6.44. The molecule has 3 fully saturated rings. The number of aromatic hydroxyl groups is 1. The van der Waals surface area contributed by atoms with Crippen LogP contribution in [-0.4, -0.2) is 263 Å². The van der Waals surface area contributed by atoms with Crippen molar-refractivity contribution in [3.8, 4) is 33.3 Å². The Hall–Kier alpha value is -12.0. The van der Waals surface area contributed by atoms with Crippen molar-refractivity contribution in [2.24, 2.45) is 23.5 Å². The monoisotopic (exact) mass is 1700 g/mol. The van der Waals surface area contributed by atoms with Crippen LogP contribution < -0.4 is 62.8 Å². The minimum absolute atomic E-state index is 0.000551. The number of ether oxygens (including phenoxy) is 3. The van der Waals surface area contributed by atoms with Gasteiger partial charge in [0, 0.05) is 108 Å². The Kier molecular flexibility index (Phi) is 32.0. The molecule has 8 atom stereocenters. The summed E-state index contributed by atoms with van der Waals surface area (Å²) >= 11 is 1.57. The highest BCUT2D eigenvalue weighted by Gasteiger charge is 2.45. The van der Waals surface area contributed by atoms with Gasteiger partial charge in [0.05, 0.1) is 65.4 Å². The first-order chi connectivity index (χ1) is 58.5. The quantitative estimate of drug-likeness (QED) is 0.0193. The molecule has 0 aliphatic carbocycles. The molecule has 11 rings (SSSR count). The van der Waals surface area contributed by atoms with Gasteiger partial charge < -0.3 is 87.0 Å². The molecule has 13 amide bonds. The van der Waals surface area contributed by atoms with E-state index in [9.17, 15) is 67.7 Å². The van der Waals surface area contributed by atoms with Crippen LogP contribution in [0.15, 0.2) is 107 Å². The molecule has 0 saturated carbocycles. The molecule has 8 heterocycles. The lowest BCUT2D eigenvalue weighted by Gasteiger charge is -2.48. The molecule has 0 unspecified atom stereocenters. The van der Waals surface area contributed by atoms with Gasteiger partial charge in [0.15, 0.2) is 11.6 Å². The number of anilines is 3. The number of amides is 13. The number of piperazine rings is 1. The zero-order valence-corrected chi connectivity index (χ0v) is 70.3. The van der Waals surface area contributed by atoms with Crippen LogP contribution in [0.3, 0.4) is 0 Å². The zero-order chi connectivity index (χ0) is 87.3. The topological polar surface area (TPSA) is 479 Å². The maximum Gasteiger partial charge on any atom is 0.415 e. The van der Waals surface area contributed by atoms with Gasteiger partial charge in [-0.05, 0) is 129 Å². The van der Waals surface area contributed by atoms with Crippen molar-refractivity contribution >= 4 is 99.7 Å². The lowest BCUT2D eigenvalue weighted by atomic mass is 9.91. The van der Waals surface area contributed by atoms with Crippen LogP contribution >= 0.6 is 11.3 Å². The number of piperidine rings is 1. The molecule has 122 heavy (non-hydrogen) atoms. The van der Waals surface area contributed by atoms with Gasteiger partial charge in [-0.2, -0.15) is 0 Å². The number of likely N-dealkylation sites (tertiary alicyclic amines) is 2. The number of aromatic nitrogens is 4. The Morgan fingerprint density at radius 1 is 0.730 bits per heavy atom. The SMILES string of the molecule is CC(=O)NCCOCCNC(=O)[C@@H](CCC(=O)N[C@H](C(=O)N[C@@H](CCCNC(N)=O)C(=O)Nc1ccc(COC(=O)N2C[C@H]3CN(CC4CCN(CCOc5cc([C@H](C(=O)N6C[C@H](O)C[C@H]6C(=O)N[C@@H](C)c6ccc(-c7scnc7C)cc6)C(C)C)on5)CC4)CCN3c3cc(-c4ccccc4O)nnc32)cc1)C(C)C)NC(=O)CN1C(=O)C=CC1=O. The van der Waals surface area contributed by atoms with Crippen LogP contribution in [0.4, 0.5) is 26.8 Å². The molecule has 0 radical (unpaired) electrons. The van der Waals surface area contributed by atoms with Crippen LogP contribution in [0.1, 0.15) is 121 Å². The van der Waals surface area contributed by atoms with Gasteiger partial charge in [-0.1, -0.05) is 76.2 Å². The number of primary amides is 1. The summed E-state index contributed by atoms with van der Waals surface area (Å²) in [6, 6.07) is 18.7. The Morgan fingerprint density at radius 2 is 1.45 bits per heavy atom. The molecule has 0 bridgehead atoms. The number of carbonyl (C=O) groups is 12. The first-order valence-electron chi connectivity index (χ1n) is 41.2. The molecule has 3 aromatic heterocycles. The van der Waals surface area contributed by atoms with Crippen LogP contribution in [0, 0.1) is 24.7 Å². The number of nitrogens with two attached hydrogens (primary N) is 1. The highest BCUT2D eigenvalue weighted by Crippen LogP contribution is 2.40. The summed E-state index contributed by atoms with van der Waals surface area (Å²) in [6.45, 7) is 17.6. The van der Waals surface area contributed by atoms with Crippen molar-refractivity contribution in [1.29, 1.82) is 0 Å². The number of aliphatic hydroxyl groups excluding tert-OH is 1. The van der Waals surface area contributed by atoms with Crippen molar-refractivity contribution < 1.29 is 86.5 Å². The summed E-state index contributed by atoms with van der Waals surface area (Å²) in [5, 5.41) is 56.5.